The molecule has 2 rings (SSSR count). The number of rotatable bonds is 3. The molecule has 0 aliphatic carbocycles. The van der Waals surface area contributed by atoms with Crippen LogP contribution in [0, 0.1) is 0 Å². The summed E-state index contributed by atoms with van der Waals surface area (Å²) in [5.74, 6) is -0.0897. The first-order valence-electron chi connectivity index (χ1n) is 4.77. The molecule has 0 saturated heterocycles. The van der Waals surface area contributed by atoms with Crippen LogP contribution in [-0.4, -0.2) is 23.2 Å². The summed E-state index contributed by atoms with van der Waals surface area (Å²) in [5.41, 5.74) is 1.62. The van der Waals surface area contributed by atoms with Crippen molar-refractivity contribution < 1.29 is 4.79 Å². The van der Waals surface area contributed by atoms with Gasteiger partial charge in [-0.15, -0.1) is 21.5 Å². The molecule has 0 aliphatic heterocycles. The summed E-state index contributed by atoms with van der Waals surface area (Å²) < 4.78 is 0. The minimum absolute atomic E-state index is 0.0409. The molecule has 1 atom stereocenters. The van der Waals surface area contributed by atoms with Crippen molar-refractivity contribution in [1.29, 1.82) is 0 Å². The standard InChI is InChI=1S/C10H11N3OS2/c1-7(8-4-3-5-15-8)9(14)13(2)10-12-11-6-16-10/h3-7H,1-2H3/t7-/m1/s1. The van der Waals surface area contributed by atoms with E-state index in [1.165, 1.54) is 11.3 Å². The number of carbonyl (C=O) groups is 1. The Hall–Kier alpha value is -1.27. The maximum absolute atomic E-state index is 12.1. The van der Waals surface area contributed by atoms with E-state index in [0.717, 1.165) is 4.88 Å². The lowest BCUT2D eigenvalue weighted by molar-refractivity contribution is -0.119. The number of nitrogens with zero attached hydrogens (tertiary/aromatic N) is 3. The molecule has 0 radical (unpaired) electrons. The molecule has 6 heteroatoms. The fourth-order valence-electron chi connectivity index (χ4n) is 1.36. The number of hydrogen-bond acceptors (Lipinski definition) is 5. The van der Waals surface area contributed by atoms with E-state index in [1.807, 2.05) is 24.4 Å². The first-order valence-corrected chi connectivity index (χ1v) is 6.53. The van der Waals surface area contributed by atoms with Crippen LogP contribution in [0.4, 0.5) is 5.13 Å². The molecule has 16 heavy (non-hydrogen) atoms. The predicted molar refractivity (Wildman–Crippen MR) is 66.1 cm³/mol. The number of hydrogen-bond donors (Lipinski definition) is 0. The van der Waals surface area contributed by atoms with Gasteiger partial charge in [-0.05, 0) is 18.4 Å². The first-order chi connectivity index (χ1) is 7.70. The number of anilines is 1. The molecule has 1 amide bonds. The van der Waals surface area contributed by atoms with Crippen LogP contribution < -0.4 is 4.90 Å². The first kappa shape index (κ1) is 11.2. The van der Waals surface area contributed by atoms with Gasteiger partial charge in [0.15, 0.2) is 0 Å². The zero-order valence-corrected chi connectivity index (χ0v) is 10.6. The maximum Gasteiger partial charge on any atom is 0.236 e. The van der Waals surface area contributed by atoms with Gasteiger partial charge >= 0.3 is 0 Å². The van der Waals surface area contributed by atoms with E-state index in [1.54, 1.807) is 28.8 Å². The van der Waals surface area contributed by atoms with Crippen LogP contribution in [0.1, 0.15) is 17.7 Å². The zero-order valence-electron chi connectivity index (χ0n) is 8.95. The summed E-state index contributed by atoms with van der Waals surface area (Å²) in [5, 5.41) is 10.2. The second-order valence-electron chi connectivity index (χ2n) is 3.36. The molecule has 0 aromatic carbocycles. The lowest BCUT2D eigenvalue weighted by Gasteiger charge is -2.17. The number of aromatic nitrogens is 2. The highest BCUT2D eigenvalue weighted by molar-refractivity contribution is 7.13. The highest BCUT2D eigenvalue weighted by Crippen LogP contribution is 2.25. The smallest absolute Gasteiger partial charge is 0.236 e. The molecule has 0 bridgehead atoms. The monoisotopic (exact) mass is 253 g/mol. The lowest BCUT2D eigenvalue weighted by atomic mass is 10.1. The minimum atomic E-state index is -0.131. The van der Waals surface area contributed by atoms with Crippen molar-refractivity contribution in [2.24, 2.45) is 0 Å². The molecule has 2 heterocycles. The molecule has 2 aromatic rings. The van der Waals surface area contributed by atoms with E-state index in [2.05, 4.69) is 10.2 Å². The average molecular weight is 253 g/mol. The average Bonchev–Trinajstić information content (AvgIpc) is 2.97. The van der Waals surface area contributed by atoms with E-state index in [-0.39, 0.29) is 11.8 Å². The third kappa shape index (κ3) is 2.12. The molecular formula is C10H11N3OS2. The van der Waals surface area contributed by atoms with Crippen molar-refractivity contribution in [3.05, 3.63) is 27.9 Å². The Kier molecular flexibility index (Phi) is 3.31. The second-order valence-corrected chi connectivity index (χ2v) is 5.15. The van der Waals surface area contributed by atoms with Crippen molar-refractivity contribution >= 4 is 33.7 Å². The predicted octanol–water partition coefficient (Wildman–Crippen LogP) is 2.37. The molecule has 2 aromatic heterocycles. The highest BCUT2D eigenvalue weighted by atomic mass is 32.1. The summed E-state index contributed by atoms with van der Waals surface area (Å²) >= 11 is 2.95. The van der Waals surface area contributed by atoms with Crippen LogP contribution in [0.25, 0.3) is 0 Å². The SMILES string of the molecule is C[C@@H](C(=O)N(C)c1nncs1)c1cccs1. The summed E-state index contributed by atoms with van der Waals surface area (Å²) in [7, 11) is 1.73. The van der Waals surface area contributed by atoms with Gasteiger partial charge in [-0.2, -0.15) is 0 Å². The van der Waals surface area contributed by atoms with Crippen LogP contribution in [0.5, 0.6) is 0 Å². The lowest BCUT2D eigenvalue weighted by Crippen LogP contribution is -2.30. The molecule has 0 aliphatic rings. The molecule has 0 N–H and O–H groups in total. The number of likely N-dealkylation sites (N-methyl/N-ethyl adjacent to an activating group) is 1. The Morgan fingerprint density at radius 1 is 1.50 bits per heavy atom. The Bertz CT molecular complexity index is 410. The quantitative estimate of drug-likeness (QED) is 0.843. The van der Waals surface area contributed by atoms with Gasteiger partial charge in [0.25, 0.3) is 0 Å². The highest BCUT2D eigenvalue weighted by Gasteiger charge is 2.22. The largest absolute Gasteiger partial charge is 0.289 e. The summed E-state index contributed by atoms with van der Waals surface area (Å²) in [6.07, 6.45) is 0. The van der Waals surface area contributed by atoms with Crippen LogP contribution in [-0.2, 0) is 4.79 Å². The Morgan fingerprint density at radius 3 is 2.88 bits per heavy atom. The van der Waals surface area contributed by atoms with Gasteiger partial charge in [-0.3, -0.25) is 9.69 Å². The van der Waals surface area contributed by atoms with Crippen LogP contribution in [0.2, 0.25) is 0 Å². The Labute approximate surface area is 102 Å². The summed E-state index contributed by atoms with van der Waals surface area (Å²) in [6, 6.07) is 3.93. The number of carbonyl (C=O) groups excluding carboxylic acids is 1. The maximum atomic E-state index is 12.1. The third-order valence-corrected chi connectivity index (χ3v) is 4.13. The van der Waals surface area contributed by atoms with Gasteiger partial charge in [-0.25, -0.2) is 0 Å². The van der Waals surface area contributed by atoms with E-state index >= 15 is 0 Å². The molecule has 0 spiro atoms. The van der Waals surface area contributed by atoms with Gasteiger partial charge in [0, 0.05) is 11.9 Å². The molecule has 4 nitrogen and oxygen atoms in total. The van der Waals surface area contributed by atoms with Crippen LogP contribution in [0.15, 0.2) is 23.0 Å². The van der Waals surface area contributed by atoms with Gasteiger partial charge in [-0.1, -0.05) is 17.4 Å². The van der Waals surface area contributed by atoms with Crippen LogP contribution >= 0.6 is 22.7 Å². The van der Waals surface area contributed by atoms with Gasteiger partial charge in [0.1, 0.15) is 5.51 Å². The topological polar surface area (TPSA) is 46.1 Å². The van der Waals surface area contributed by atoms with Gasteiger partial charge in [0.2, 0.25) is 11.0 Å². The number of thiophene rings is 1. The number of amides is 1. The fourth-order valence-corrected chi connectivity index (χ4v) is 2.66. The van der Waals surface area contributed by atoms with Crippen molar-refractivity contribution in [2.75, 3.05) is 11.9 Å². The molecule has 84 valence electrons. The zero-order chi connectivity index (χ0) is 11.5. The van der Waals surface area contributed by atoms with E-state index in [4.69, 9.17) is 0 Å². The van der Waals surface area contributed by atoms with Crippen molar-refractivity contribution in [3.8, 4) is 0 Å². The van der Waals surface area contributed by atoms with E-state index < -0.39 is 0 Å². The van der Waals surface area contributed by atoms with Crippen molar-refractivity contribution in [2.45, 2.75) is 12.8 Å². The minimum Gasteiger partial charge on any atom is -0.289 e. The van der Waals surface area contributed by atoms with Crippen LogP contribution in [0.3, 0.4) is 0 Å². The second kappa shape index (κ2) is 4.71. The fraction of sp³-hybridized carbons (Fsp3) is 0.300. The normalized spacial score (nSPS) is 12.4. The molecular weight excluding hydrogens is 242 g/mol. The van der Waals surface area contributed by atoms with E-state index in [0.29, 0.717) is 5.13 Å². The van der Waals surface area contributed by atoms with Crippen molar-refractivity contribution in [1.82, 2.24) is 10.2 Å². The summed E-state index contributed by atoms with van der Waals surface area (Å²) in [6.45, 7) is 1.91. The molecule has 0 unspecified atom stereocenters. The Balaban J connectivity index is 2.14. The third-order valence-electron chi connectivity index (χ3n) is 2.31. The molecule has 0 saturated carbocycles. The Morgan fingerprint density at radius 2 is 2.31 bits per heavy atom. The van der Waals surface area contributed by atoms with Gasteiger partial charge < -0.3 is 0 Å². The summed E-state index contributed by atoms with van der Waals surface area (Å²) in [4.78, 5) is 14.7. The van der Waals surface area contributed by atoms with Crippen molar-refractivity contribution in [3.63, 3.8) is 0 Å². The molecule has 0 fully saturated rings. The van der Waals surface area contributed by atoms with Gasteiger partial charge in [0.05, 0.1) is 5.92 Å². The van der Waals surface area contributed by atoms with E-state index in [9.17, 15) is 4.79 Å².